The van der Waals surface area contributed by atoms with Gasteiger partial charge in [0.05, 0.1) is 11.9 Å². The molecule has 0 bridgehead atoms. The molecule has 1 heterocycles. The Kier molecular flexibility index (Phi) is 7.34. The molecule has 0 saturated heterocycles. The van der Waals surface area contributed by atoms with Crippen molar-refractivity contribution in [2.45, 2.75) is 51.2 Å². The number of carbonyl (C=O) groups is 3. The summed E-state index contributed by atoms with van der Waals surface area (Å²) in [6.45, 7) is 5.49. The predicted octanol–water partition coefficient (Wildman–Crippen LogP) is 6.35. The lowest BCUT2D eigenvalue weighted by molar-refractivity contribution is -0.137. The average Bonchev–Trinajstić information content (AvgIpc) is 3.42. The molecule has 1 amide bonds. The summed E-state index contributed by atoms with van der Waals surface area (Å²) in [5, 5.41) is 13.1. The van der Waals surface area contributed by atoms with Crippen molar-refractivity contribution in [2.24, 2.45) is 0 Å². The van der Waals surface area contributed by atoms with Gasteiger partial charge in [0, 0.05) is 23.5 Å². The second-order valence-corrected chi connectivity index (χ2v) is 11.0. The maximum atomic E-state index is 12.9. The van der Waals surface area contributed by atoms with E-state index in [1.165, 1.54) is 4.57 Å². The minimum absolute atomic E-state index is 0.108. The number of nitrogens with zero attached hydrogens (tertiary/aromatic N) is 1. The molecule has 0 spiro atoms. The smallest absolute Gasteiger partial charge is 0.419 e. The largest absolute Gasteiger partial charge is 0.481 e. The third-order valence-corrected chi connectivity index (χ3v) is 6.94. The molecule has 0 radical (unpaired) electrons. The fraction of sp³-hybridized carbons (Fsp3) is 0.281. The van der Waals surface area contributed by atoms with Crippen molar-refractivity contribution < 1.29 is 29.0 Å². The van der Waals surface area contributed by atoms with Gasteiger partial charge in [0.2, 0.25) is 0 Å². The summed E-state index contributed by atoms with van der Waals surface area (Å²) >= 11 is 0. The highest BCUT2D eigenvalue weighted by atomic mass is 16.6. The van der Waals surface area contributed by atoms with E-state index >= 15 is 0 Å². The first kappa shape index (κ1) is 27.0. The quantitative estimate of drug-likeness (QED) is 0.283. The number of carboxylic acid groups (broad SMARTS) is 1. The Labute approximate surface area is 232 Å². The first-order chi connectivity index (χ1) is 19.1. The molecule has 0 fully saturated rings. The number of hydrogen-bond acceptors (Lipinski definition) is 5. The summed E-state index contributed by atoms with van der Waals surface area (Å²) in [6.07, 6.45) is 0.300. The van der Waals surface area contributed by atoms with Crippen LogP contribution in [0.25, 0.3) is 22.0 Å². The Morgan fingerprint density at radius 3 is 2.15 bits per heavy atom. The molecular weight excluding hydrogens is 508 g/mol. The fourth-order valence-corrected chi connectivity index (χ4v) is 5.33. The van der Waals surface area contributed by atoms with E-state index in [1.54, 1.807) is 33.0 Å². The zero-order valence-electron chi connectivity index (χ0n) is 22.7. The zero-order valence-corrected chi connectivity index (χ0v) is 22.7. The second kappa shape index (κ2) is 10.9. The number of benzene rings is 3. The number of nitrogens with one attached hydrogen (secondary N) is 1. The number of carbonyl (C=O) groups excluding carboxylic acids is 2. The van der Waals surface area contributed by atoms with E-state index in [0.29, 0.717) is 11.1 Å². The summed E-state index contributed by atoms with van der Waals surface area (Å²) in [4.78, 5) is 37.5. The van der Waals surface area contributed by atoms with Gasteiger partial charge >= 0.3 is 18.2 Å². The van der Waals surface area contributed by atoms with Crippen LogP contribution in [0.4, 0.5) is 9.59 Å². The Morgan fingerprint density at radius 2 is 1.52 bits per heavy atom. The third-order valence-electron chi connectivity index (χ3n) is 6.94. The van der Waals surface area contributed by atoms with Gasteiger partial charge in [0.1, 0.15) is 12.2 Å². The highest BCUT2D eigenvalue weighted by Gasteiger charge is 2.30. The highest BCUT2D eigenvalue weighted by Crippen LogP contribution is 2.44. The summed E-state index contributed by atoms with van der Waals surface area (Å²) in [5.74, 6) is -1.16. The van der Waals surface area contributed by atoms with Crippen LogP contribution in [0.1, 0.15) is 49.8 Å². The van der Waals surface area contributed by atoms with E-state index in [9.17, 15) is 19.5 Å². The lowest BCUT2D eigenvalue weighted by atomic mass is 9.98. The van der Waals surface area contributed by atoms with Crippen LogP contribution in [-0.2, 0) is 20.7 Å². The standard InChI is InChI=1S/C32H32N2O6/c1-32(2,3)40-31(38)34-18-20(22-10-8-9-15-28(22)34)16-21(17-29(35)36)33-30(37)39-19-27-25-13-6-4-11-23(25)24-12-5-7-14-26(24)27/h4-15,18,21,27H,16-17,19H2,1-3H3,(H,33,37)(H,35,36). The van der Waals surface area contributed by atoms with Crippen molar-refractivity contribution in [1.82, 2.24) is 9.88 Å². The van der Waals surface area contributed by atoms with E-state index in [0.717, 1.165) is 27.6 Å². The number of ether oxygens (including phenoxy) is 2. The van der Waals surface area contributed by atoms with E-state index in [2.05, 4.69) is 17.4 Å². The van der Waals surface area contributed by atoms with Crippen molar-refractivity contribution in [3.05, 3.63) is 95.7 Å². The van der Waals surface area contributed by atoms with Crippen LogP contribution in [0.3, 0.4) is 0 Å². The summed E-state index contributed by atoms with van der Waals surface area (Å²) in [5.41, 5.74) is 5.10. The molecule has 1 aromatic heterocycles. The summed E-state index contributed by atoms with van der Waals surface area (Å²) in [6, 6.07) is 22.7. The molecule has 1 unspecified atom stereocenters. The van der Waals surface area contributed by atoms with Crippen molar-refractivity contribution in [3.8, 4) is 11.1 Å². The third kappa shape index (κ3) is 5.71. The monoisotopic (exact) mass is 540 g/mol. The number of rotatable bonds is 7. The predicted molar refractivity (Wildman–Crippen MR) is 152 cm³/mol. The molecule has 0 saturated carbocycles. The molecule has 2 N–H and O–H groups in total. The van der Waals surface area contributed by atoms with Gasteiger partial charge in [-0.1, -0.05) is 66.7 Å². The molecule has 40 heavy (non-hydrogen) atoms. The van der Waals surface area contributed by atoms with Crippen LogP contribution in [0.5, 0.6) is 0 Å². The Bertz CT molecular complexity index is 1540. The van der Waals surface area contributed by atoms with E-state index in [1.807, 2.05) is 54.6 Å². The number of carboxylic acids is 1. The van der Waals surface area contributed by atoms with E-state index < -0.39 is 29.8 Å². The van der Waals surface area contributed by atoms with E-state index in [-0.39, 0.29) is 25.4 Å². The number of alkyl carbamates (subject to hydrolysis) is 1. The van der Waals surface area contributed by atoms with Crippen molar-refractivity contribution in [2.75, 3.05) is 6.61 Å². The van der Waals surface area contributed by atoms with Gasteiger partial charge in [-0.15, -0.1) is 0 Å². The first-order valence-electron chi connectivity index (χ1n) is 13.3. The van der Waals surface area contributed by atoms with Gasteiger partial charge < -0.3 is 19.9 Å². The number of fused-ring (bicyclic) bond motifs is 4. The molecule has 5 rings (SSSR count). The van der Waals surface area contributed by atoms with Gasteiger partial charge in [-0.05, 0) is 61.1 Å². The minimum atomic E-state index is -1.06. The van der Waals surface area contributed by atoms with Crippen LogP contribution in [0.2, 0.25) is 0 Å². The molecule has 1 aliphatic rings. The van der Waals surface area contributed by atoms with Crippen LogP contribution in [0.15, 0.2) is 79.0 Å². The lowest BCUT2D eigenvalue weighted by Gasteiger charge is -2.20. The van der Waals surface area contributed by atoms with Gasteiger partial charge in [0.25, 0.3) is 0 Å². The molecule has 3 aromatic carbocycles. The number of aliphatic carboxylic acids is 1. The number of amides is 1. The van der Waals surface area contributed by atoms with Crippen LogP contribution in [-0.4, -0.2) is 46.1 Å². The first-order valence-corrected chi connectivity index (χ1v) is 13.3. The number of hydrogen-bond donors (Lipinski definition) is 2. The van der Waals surface area contributed by atoms with Crippen LogP contribution in [0, 0.1) is 0 Å². The van der Waals surface area contributed by atoms with Gasteiger partial charge in [-0.3, -0.25) is 9.36 Å². The topological polar surface area (TPSA) is 107 Å². The molecule has 1 atom stereocenters. The molecular formula is C32H32N2O6. The van der Waals surface area contributed by atoms with Gasteiger partial charge in [-0.25, -0.2) is 9.59 Å². The zero-order chi connectivity index (χ0) is 28.4. The normalized spacial score (nSPS) is 13.4. The maximum Gasteiger partial charge on any atom is 0.419 e. The van der Waals surface area contributed by atoms with Gasteiger partial charge in [0.15, 0.2) is 0 Å². The molecule has 8 nitrogen and oxygen atoms in total. The Hall–Kier alpha value is -4.59. The molecule has 4 aromatic rings. The van der Waals surface area contributed by atoms with Crippen LogP contribution >= 0.6 is 0 Å². The number of para-hydroxylation sites is 1. The fourth-order valence-electron chi connectivity index (χ4n) is 5.33. The highest BCUT2D eigenvalue weighted by molar-refractivity contribution is 5.92. The molecule has 206 valence electrons. The van der Waals surface area contributed by atoms with Crippen LogP contribution < -0.4 is 5.32 Å². The number of aromatic nitrogens is 1. The van der Waals surface area contributed by atoms with Crippen molar-refractivity contribution in [3.63, 3.8) is 0 Å². The summed E-state index contributed by atoms with van der Waals surface area (Å²) in [7, 11) is 0. The Morgan fingerprint density at radius 1 is 0.925 bits per heavy atom. The van der Waals surface area contributed by atoms with E-state index in [4.69, 9.17) is 9.47 Å². The Balaban J connectivity index is 1.32. The van der Waals surface area contributed by atoms with Crippen molar-refractivity contribution >= 4 is 29.1 Å². The second-order valence-electron chi connectivity index (χ2n) is 11.0. The average molecular weight is 541 g/mol. The molecule has 8 heteroatoms. The minimum Gasteiger partial charge on any atom is -0.481 e. The SMILES string of the molecule is CC(C)(C)OC(=O)n1cc(CC(CC(=O)O)NC(=O)OCC2c3ccccc3-c3ccccc32)c2ccccc21. The molecule has 1 aliphatic carbocycles. The summed E-state index contributed by atoms with van der Waals surface area (Å²) < 4.78 is 12.6. The van der Waals surface area contributed by atoms with Crippen molar-refractivity contribution in [1.29, 1.82) is 0 Å². The van der Waals surface area contributed by atoms with Gasteiger partial charge in [-0.2, -0.15) is 0 Å². The molecule has 0 aliphatic heterocycles. The lowest BCUT2D eigenvalue weighted by Crippen LogP contribution is -2.39. The maximum absolute atomic E-state index is 12.9.